The topological polar surface area (TPSA) is 49.4 Å². The maximum absolute atomic E-state index is 13.1. The van der Waals surface area contributed by atoms with Crippen LogP contribution in [0.4, 0.5) is 10.1 Å². The number of benzene rings is 1. The van der Waals surface area contributed by atoms with Gasteiger partial charge in [-0.05, 0) is 37.1 Å². The van der Waals surface area contributed by atoms with Crippen LogP contribution in [0.1, 0.15) is 18.9 Å². The molecular formula is C13H15FN2O2. The molecule has 1 saturated heterocycles. The fraction of sp³-hybridized carbons (Fsp3) is 0.385. The van der Waals surface area contributed by atoms with Crippen LogP contribution in [0.15, 0.2) is 18.2 Å². The fourth-order valence-electron chi connectivity index (χ4n) is 2.22. The zero-order valence-corrected chi connectivity index (χ0v) is 10.4. The van der Waals surface area contributed by atoms with Crippen molar-refractivity contribution in [3.05, 3.63) is 29.6 Å². The van der Waals surface area contributed by atoms with E-state index >= 15 is 0 Å². The molecule has 0 radical (unpaired) electrons. The first kappa shape index (κ1) is 12.5. The molecule has 1 aromatic carbocycles. The summed E-state index contributed by atoms with van der Waals surface area (Å²) in [7, 11) is 0. The largest absolute Gasteiger partial charge is 0.345 e. The molecule has 1 heterocycles. The van der Waals surface area contributed by atoms with E-state index in [1.807, 2.05) is 6.92 Å². The number of aryl methyl sites for hydroxylation is 1. The van der Waals surface area contributed by atoms with Gasteiger partial charge in [0.15, 0.2) is 0 Å². The van der Waals surface area contributed by atoms with Crippen molar-refractivity contribution in [2.75, 3.05) is 11.4 Å². The van der Waals surface area contributed by atoms with Gasteiger partial charge in [0.2, 0.25) is 11.8 Å². The van der Waals surface area contributed by atoms with Gasteiger partial charge in [-0.3, -0.25) is 14.5 Å². The first-order valence-corrected chi connectivity index (χ1v) is 5.90. The van der Waals surface area contributed by atoms with Crippen LogP contribution in [0, 0.1) is 12.7 Å². The average molecular weight is 250 g/mol. The Kier molecular flexibility index (Phi) is 3.32. The molecule has 1 aliphatic heterocycles. The maximum atomic E-state index is 13.1. The second-order valence-electron chi connectivity index (χ2n) is 4.34. The number of hydrogen-bond donors (Lipinski definition) is 1. The molecule has 1 aliphatic rings. The Labute approximate surface area is 105 Å². The normalized spacial score (nSPS) is 19.9. The predicted molar refractivity (Wildman–Crippen MR) is 65.7 cm³/mol. The number of carbonyl (C=O) groups is 2. The van der Waals surface area contributed by atoms with Crippen LogP contribution in [0.25, 0.3) is 0 Å². The summed E-state index contributed by atoms with van der Waals surface area (Å²) in [5.74, 6) is -0.685. The molecule has 1 N–H and O–H groups in total. The van der Waals surface area contributed by atoms with Crippen molar-refractivity contribution in [3.63, 3.8) is 0 Å². The highest BCUT2D eigenvalue weighted by Gasteiger charge is 2.34. The molecule has 0 aliphatic carbocycles. The third-order valence-corrected chi connectivity index (χ3v) is 3.10. The predicted octanol–water partition coefficient (Wildman–Crippen LogP) is 1.38. The molecule has 2 rings (SSSR count). The minimum absolute atomic E-state index is 0.00779. The van der Waals surface area contributed by atoms with Crippen molar-refractivity contribution in [1.82, 2.24) is 5.32 Å². The van der Waals surface area contributed by atoms with Crippen LogP contribution in [0.3, 0.4) is 0 Å². The molecule has 2 amide bonds. The Morgan fingerprint density at radius 2 is 2.17 bits per heavy atom. The summed E-state index contributed by atoms with van der Waals surface area (Å²) in [6.07, 6.45) is 0.522. The van der Waals surface area contributed by atoms with E-state index in [4.69, 9.17) is 0 Å². The van der Waals surface area contributed by atoms with Crippen molar-refractivity contribution in [2.45, 2.75) is 26.3 Å². The maximum Gasteiger partial charge on any atom is 0.247 e. The molecule has 4 nitrogen and oxygen atoms in total. The first-order valence-electron chi connectivity index (χ1n) is 5.90. The molecule has 0 spiro atoms. The number of nitrogens with zero attached hydrogens (tertiary/aromatic N) is 1. The number of piperazine rings is 1. The fourth-order valence-corrected chi connectivity index (χ4v) is 2.22. The van der Waals surface area contributed by atoms with Gasteiger partial charge in [-0.25, -0.2) is 4.39 Å². The molecule has 96 valence electrons. The first-order chi connectivity index (χ1) is 8.54. The van der Waals surface area contributed by atoms with Crippen molar-refractivity contribution >= 4 is 17.5 Å². The summed E-state index contributed by atoms with van der Waals surface area (Å²) in [6, 6.07) is 3.69. The van der Waals surface area contributed by atoms with Gasteiger partial charge < -0.3 is 5.32 Å². The summed E-state index contributed by atoms with van der Waals surface area (Å²) in [5, 5.41) is 2.56. The lowest BCUT2D eigenvalue weighted by atomic mass is 10.1. The summed E-state index contributed by atoms with van der Waals surface area (Å²) in [5.41, 5.74) is 1.25. The van der Waals surface area contributed by atoms with E-state index < -0.39 is 6.04 Å². The zero-order chi connectivity index (χ0) is 13.3. The standard InChI is InChI=1S/C13H15FN2O2/c1-3-10-13(18)15-7-12(17)16(10)11-5-4-9(14)6-8(11)2/h4-6,10H,3,7H2,1-2H3,(H,15,18). The van der Waals surface area contributed by atoms with E-state index in [0.717, 1.165) is 0 Å². The number of halogens is 1. The Bertz CT molecular complexity index is 502. The van der Waals surface area contributed by atoms with Crippen LogP contribution in [-0.2, 0) is 9.59 Å². The SMILES string of the molecule is CCC1C(=O)NCC(=O)N1c1ccc(F)cc1C. The Balaban J connectivity index is 2.44. The lowest BCUT2D eigenvalue weighted by Gasteiger charge is -2.35. The highest BCUT2D eigenvalue weighted by atomic mass is 19.1. The molecule has 0 bridgehead atoms. The van der Waals surface area contributed by atoms with E-state index in [9.17, 15) is 14.0 Å². The van der Waals surface area contributed by atoms with Gasteiger partial charge in [-0.2, -0.15) is 0 Å². The monoisotopic (exact) mass is 250 g/mol. The number of carbonyl (C=O) groups excluding carboxylic acids is 2. The number of amides is 2. The van der Waals surface area contributed by atoms with Crippen LogP contribution in [0.2, 0.25) is 0 Å². The van der Waals surface area contributed by atoms with Gasteiger partial charge in [0.05, 0.1) is 6.54 Å². The van der Waals surface area contributed by atoms with E-state index in [0.29, 0.717) is 17.7 Å². The van der Waals surface area contributed by atoms with Gasteiger partial charge in [0.25, 0.3) is 0 Å². The Morgan fingerprint density at radius 1 is 1.44 bits per heavy atom. The molecular weight excluding hydrogens is 235 g/mol. The van der Waals surface area contributed by atoms with Gasteiger partial charge in [-0.1, -0.05) is 6.92 Å². The Morgan fingerprint density at radius 3 is 2.78 bits per heavy atom. The molecule has 5 heteroatoms. The lowest BCUT2D eigenvalue weighted by Crippen LogP contribution is -2.58. The number of anilines is 1. The minimum atomic E-state index is -0.518. The quantitative estimate of drug-likeness (QED) is 0.862. The summed E-state index contributed by atoms with van der Waals surface area (Å²) in [4.78, 5) is 25.2. The molecule has 0 aromatic heterocycles. The van der Waals surface area contributed by atoms with Gasteiger partial charge in [-0.15, -0.1) is 0 Å². The average Bonchev–Trinajstić information content (AvgIpc) is 2.33. The highest BCUT2D eigenvalue weighted by molar-refractivity contribution is 6.06. The third kappa shape index (κ3) is 2.08. The molecule has 1 aromatic rings. The van der Waals surface area contributed by atoms with Crippen molar-refractivity contribution < 1.29 is 14.0 Å². The third-order valence-electron chi connectivity index (χ3n) is 3.10. The van der Waals surface area contributed by atoms with Crippen molar-refractivity contribution in [2.24, 2.45) is 0 Å². The van der Waals surface area contributed by atoms with Crippen LogP contribution in [-0.4, -0.2) is 24.4 Å². The van der Waals surface area contributed by atoms with Gasteiger partial charge >= 0.3 is 0 Å². The molecule has 1 fully saturated rings. The lowest BCUT2D eigenvalue weighted by molar-refractivity contribution is -0.131. The van der Waals surface area contributed by atoms with Gasteiger partial charge in [0, 0.05) is 5.69 Å². The van der Waals surface area contributed by atoms with Crippen LogP contribution in [0.5, 0.6) is 0 Å². The number of nitrogens with one attached hydrogen (secondary N) is 1. The van der Waals surface area contributed by atoms with Gasteiger partial charge in [0.1, 0.15) is 11.9 Å². The molecule has 1 unspecified atom stereocenters. The van der Waals surface area contributed by atoms with Crippen LogP contribution < -0.4 is 10.2 Å². The summed E-state index contributed by atoms with van der Waals surface area (Å²) in [6.45, 7) is 3.56. The van der Waals surface area contributed by atoms with E-state index in [-0.39, 0.29) is 24.2 Å². The molecule has 18 heavy (non-hydrogen) atoms. The zero-order valence-electron chi connectivity index (χ0n) is 10.4. The minimum Gasteiger partial charge on any atom is -0.345 e. The van der Waals surface area contributed by atoms with E-state index in [1.165, 1.54) is 17.0 Å². The van der Waals surface area contributed by atoms with E-state index in [1.54, 1.807) is 13.0 Å². The summed E-state index contributed by atoms with van der Waals surface area (Å²) < 4.78 is 13.1. The second-order valence-corrected chi connectivity index (χ2v) is 4.34. The Hall–Kier alpha value is -1.91. The van der Waals surface area contributed by atoms with Crippen molar-refractivity contribution in [1.29, 1.82) is 0 Å². The second kappa shape index (κ2) is 4.76. The number of rotatable bonds is 2. The highest BCUT2D eigenvalue weighted by Crippen LogP contribution is 2.25. The van der Waals surface area contributed by atoms with E-state index in [2.05, 4.69) is 5.32 Å². The molecule has 0 saturated carbocycles. The smallest absolute Gasteiger partial charge is 0.247 e. The molecule has 1 atom stereocenters. The number of hydrogen-bond acceptors (Lipinski definition) is 2. The van der Waals surface area contributed by atoms with Crippen molar-refractivity contribution in [3.8, 4) is 0 Å². The summed E-state index contributed by atoms with van der Waals surface area (Å²) >= 11 is 0. The van der Waals surface area contributed by atoms with Crippen LogP contribution >= 0.6 is 0 Å².